The third kappa shape index (κ3) is 3.03. The van der Waals surface area contributed by atoms with Gasteiger partial charge >= 0.3 is 0 Å². The lowest BCUT2D eigenvalue weighted by atomic mass is 9.85. The number of aromatic nitrogens is 1. The van der Waals surface area contributed by atoms with Crippen molar-refractivity contribution in [1.82, 2.24) is 4.57 Å². The van der Waals surface area contributed by atoms with Crippen molar-refractivity contribution in [2.45, 2.75) is 25.4 Å². The molecule has 35 heavy (non-hydrogen) atoms. The van der Waals surface area contributed by atoms with E-state index >= 15 is 0 Å². The predicted octanol–water partition coefficient (Wildman–Crippen LogP) is 8.04. The molecular formula is C33H28N2. The second kappa shape index (κ2) is 7.74. The van der Waals surface area contributed by atoms with Crippen LogP contribution in [0.1, 0.15) is 24.0 Å². The molecular weight excluding hydrogens is 424 g/mol. The van der Waals surface area contributed by atoms with Crippen molar-refractivity contribution in [3.8, 4) is 11.1 Å². The van der Waals surface area contributed by atoms with Crippen LogP contribution in [0, 0.1) is 0 Å². The molecule has 1 aromatic heterocycles. The SMILES string of the molecule is CCn1c2ccccc2c2ccc(C3=CC4c5cc(-c6ccccc6)ccc5N(C)C4C=C3)cc21. The number of anilines is 1. The van der Waals surface area contributed by atoms with Gasteiger partial charge in [0.1, 0.15) is 0 Å². The van der Waals surface area contributed by atoms with E-state index in [1.54, 1.807) is 0 Å². The molecule has 0 spiro atoms. The number of aryl methyl sites for hydroxylation is 1. The van der Waals surface area contributed by atoms with Crippen molar-refractivity contribution in [2.75, 3.05) is 11.9 Å². The minimum Gasteiger partial charge on any atom is -0.367 e. The monoisotopic (exact) mass is 452 g/mol. The molecule has 0 N–H and O–H groups in total. The molecule has 0 bridgehead atoms. The van der Waals surface area contributed by atoms with Gasteiger partial charge in [0, 0.05) is 47.0 Å². The summed E-state index contributed by atoms with van der Waals surface area (Å²) in [5.41, 5.74) is 10.6. The second-order valence-corrected chi connectivity index (χ2v) is 9.74. The molecule has 1 aliphatic heterocycles. The zero-order valence-corrected chi connectivity index (χ0v) is 20.1. The number of benzene rings is 4. The highest BCUT2D eigenvalue weighted by atomic mass is 15.2. The molecule has 2 heteroatoms. The Morgan fingerprint density at radius 2 is 1.49 bits per heavy atom. The van der Waals surface area contributed by atoms with Crippen LogP contribution in [0.4, 0.5) is 5.69 Å². The first-order chi connectivity index (χ1) is 17.2. The van der Waals surface area contributed by atoms with Gasteiger partial charge in [0.2, 0.25) is 0 Å². The predicted molar refractivity (Wildman–Crippen MR) is 149 cm³/mol. The van der Waals surface area contributed by atoms with Crippen LogP contribution in [-0.4, -0.2) is 17.7 Å². The zero-order chi connectivity index (χ0) is 23.5. The molecule has 4 aromatic carbocycles. The maximum atomic E-state index is 2.49. The number of nitrogens with zero attached hydrogens (tertiary/aromatic N) is 2. The number of likely N-dealkylation sites (N-methyl/N-ethyl adjacent to an activating group) is 1. The summed E-state index contributed by atoms with van der Waals surface area (Å²) in [7, 11) is 2.22. The number of hydrogen-bond acceptors (Lipinski definition) is 1. The van der Waals surface area contributed by atoms with Gasteiger partial charge in [0.05, 0.1) is 6.04 Å². The average Bonchev–Trinajstić information content (AvgIpc) is 3.39. The molecule has 1 aliphatic carbocycles. The highest BCUT2D eigenvalue weighted by molar-refractivity contribution is 6.08. The van der Waals surface area contributed by atoms with Crippen LogP contribution < -0.4 is 4.90 Å². The van der Waals surface area contributed by atoms with Gasteiger partial charge in [0.15, 0.2) is 0 Å². The van der Waals surface area contributed by atoms with Crippen LogP contribution in [0.25, 0.3) is 38.5 Å². The van der Waals surface area contributed by atoms with E-state index in [4.69, 9.17) is 0 Å². The Bertz CT molecular complexity index is 1650. The fourth-order valence-corrected chi connectivity index (χ4v) is 6.19. The van der Waals surface area contributed by atoms with E-state index in [0.29, 0.717) is 12.0 Å². The number of hydrogen-bond donors (Lipinski definition) is 0. The van der Waals surface area contributed by atoms with Crippen molar-refractivity contribution in [1.29, 1.82) is 0 Å². The van der Waals surface area contributed by atoms with Crippen molar-refractivity contribution < 1.29 is 0 Å². The Hall–Kier alpha value is -4.04. The average molecular weight is 453 g/mol. The van der Waals surface area contributed by atoms with Crippen LogP contribution in [0.5, 0.6) is 0 Å². The summed E-state index contributed by atoms with van der Waals surface area (Å²) in [4.78, 5) is 2.43. The van der Waals surface area contributed by atoms with Gasteiger partial charge in [-0.05, 0) is 59.0 Å². The molecule has 2 heterocycles. The minimum absolute atomic E-state index is 0.353. The van der Waals surface area contributed by atoms with E-state index in [0.717, 1.165) is 6.54 Å². The molecule has 2 nitrogen and oxygen atoms in total. The van der Waals surface area contributed by atoms with Crippen LogP contribution in [0.15, 0.2) is 109 Å². The first-order valence-corrected chi connectivity index (χ1v) is 12.6. The largest absolute Gasteiger partial charge is 0.367 e. The van der Waals surface area contributed by atoms with E-state index < -0.39 is 0 Å². The summed E-state index contributed by atoms with van der Waals surface area (Å²) in [6.07, 6.45) is 7.20. The van der Waals surface area contributed by atoms with Gasteiger partial charge in [0.25, 0.3) is 0 Å². The van der Waals surface area contributed by atoms with E-state index in [2.05, 4.69) is 133 Å². The first-order valence-electron chi connectivity index (χ1n) is 12.6. The summed E-state index contributed by atoms with van der Waals surface area (Å²) < 4.78 is 2.44. The van der Waals surface area contributed by atoms with Crippen molar-refractivity contribution in [3.63, 3.8) is 0 Å². The summed E-state index contributed by atoms with van der Waals surface area (Å²) in [5.74, 6) is 0.353. The Morgan fingerprint density at radius 1 is 0.714 bits per heavy atom. The van der Waals surface area contributed by atoms with Gasteiger partial charge in [-0.25, -0.2) is 0 Å². The fourth-order valence-electron chi connectivity index (χ4n) is 6.19. The third-order valence-corrected chi connectivity index (χ3v) is 7.94. The topological polar surface area (TPSA) is 8.17 Å². The van der Waals surface area contributed by atoms with Gasteiger partial charge in [-0.1, -0.05) is 85.0 Å². The standard InChI is InChI=1S/C33H28N2/c1-3-35-32-12-8-7-11-26(32)27-16-13-25(21-33(27)35)24-15-18-31-29(20-24)28-19-23(14-17-30(28)34(31)2)22-9-5-4-6-10-22/h4-21,29,31H,3H2,1-2H3. The lowest BCUT2D eigenvalue weighted by Crippen LogP contribution is -2.29. The molecule has 170 valence electrons. The number of allylic oxidation sites excluding steroid dienone is 2. The van der Waals surface area contributed by atoms with Crippen molar-refractivity contribution in [3.05, 3.63) is 120 Å². The Balaban J connectivity index is 1.34. The highest BCUT2D eigenvalue weighted by Gasteiger charge is 2.35. The van der Waals surface area contributed by atoms with Gasteiger partial charge in [-0.15, -0.1) is 0 Å². The molecule has 0 saturated heterocycles. The lowest BCUT2D eigenvalue weighted by molar-refractivity contribution is 0.725. The quantitative estimate of drug-likeness (QED) is 0.269. The van der Waals surface area contributed by atoms with Crippen LogP contribution in [-0.2, 0) is 6.54 Å². The molecule has 0 radical (unpaired) electrons. The lowest BCUT2D eigenvalue weighted by Gasteiger charge is -2.26. The van der Waals surface area contributed by atoms with E-state index in [-0.39, 0.29) is 0 Å². The van der Waals surface area contributed by atoms with Gasteiger partial charge in [-0.2, -0.15) is 0 Å². The number of rotatable bonds is 3. The molecule has 5 aromatic rings. The Labute approximate surface area is 206 Å². The summed E-state index contributed by atoms with van der Waals surface area (Å²) in [5, 5.41) is 2.67. The normalized spacial score (nSPS) is 18.7. The maximum absolute atomic E-state index is 2.49. The molecule has 7 rings (SSSR count). The zero-order valence-electron chi connectivity index (χ0n) is 20.1. The van der Waals surface area contributed by atoms with E-state index in [9.17, 15) is 0 Å². The maximum Gasteiger partial charge on any atom is 0.0577 e. The minimum atomic E-state index is 0.353. The van der Waals surface area contributed by atoms with Crippen LogP contribution >= 0.6 is 0 Å². The smallest absolute Gasteiger partial charge is 0.0577 e. The van der Waals surface area contributed by atoms with Crippen molar-refractivity contribution in [2.24, 2.45) is 0 Å². The Morgan fingerprint density at radius 3 is 2.34 bits per heavy atom. The summed E-state index contributed by atoms with van der Waals surface area (Å²) in [6, 6.07) is 33.8. The van der Waals surface area contributed by atoms with Crippen LogP contribution in [0.2, 0.25) is 0 Å². The number of para-hydroxylation sites is 1. The third-order valence-electron chi connectivity index (χ3n) is 7.94. The van der Waals surface area contributed by atoms with Crippen molar-refractivity contribution >= 4 is 33.1 Å². The highest BCUT2D eigenvalue weighted by Crippen LogP contribution is 2.46. The molecule has 0 fully saturated rings. The van der Waals surface area contributed by atoms with Gasteiger partial charge < -0.3 is 9.47 Å². The van der Waals surface area contributed by atoms with E-state index in [1.165, 1.54) is 55.3 Å². The second-order valence-electron chi connectivity index (χ2n) is 9.74. The molecule has 2 unspecified atom stereocenters. The Kier molecular flexibility index (Phi) is 4.50. The fraction of sp³-hybridized carbons (Fsp3) is 0.152. The molecule has 2 aliphatic rings. The van der Waals surface area contributed by atoms with E-state index in [1.807, 2.05) is 0 Å². The van der Waals surface area contributed by atoms with Gasteiger partial charge in [-0.3, -0.25) is 0 Å². The van der Waals surface area contributed by atoms with Crippen LogP contribution in [0.3, 0.4) is 0 Å². The number of fused-ring (bicyclic) bond motifs is 6. The molecule has 2 atom stereocenters. The molecule has 0 amide bonds. The summed E-state index contributed by atoms with van der Waals surface area (Å²) >= 11 is 0. The molecule has 0 saturated carbocycles. The first kappa shape index (κ1) is 20.3. The summed E-state index contributed by atoms with van der Waals surface area (Å²) in [6.45, 7) is 3.20.